The number of fused-ring (bicyclic) bond motifs is 1. The van der Waals surface area contributed by atoms with Gasteiger partial charge in [-0.05, 0) is 67.4 Å². The molecule has 0 saturated carbocycles. The molecule has 2 aliphatic rings. The number of nitrogens with one attached hydrogen (secondary N) is 1. The number of benzene rings is 3. The van der Waals surface area contributed by atoms with Crippen molar-refractivity contribution in [1.29, 1.82) is 0 Å². The van der Waals surface area contributed by atoms with Crippen molar-refractivity contribution in [1.82, 2.24) is 4.90 Å². The zero-order valence-electron chi connectivity index (χ0n) is 19.6. The van der Waals surface area contributed by atoms with E-state index in [9.17, 15) is 14.4 Å². The van der Waals surface area contributed by atoms with Crippen molar-refractivity contribution in [2.24, 2.45) is 0 Å². The number of ether oxygens (including phenoxy) is 3. The summed E-state index contributed by atoms with van der Waals surface area (Å²) in [6, 6.07) is 21.1. The summed E-state index contributed by atoms with van der Waals surface area (Å²) in [6.45, 7) is 1.22. The fourth-order valence-corrected chi connectivity index (χ4v) is 4.24. The van der Waals surface area contributed by atoms with Crippen molar-refractivity contribution in [3.8, 4) is 17.2 Å². The molecular formula is C28H26N2O6. The summed E-state index contributed by atoms with van der Waals surface area (Å²) in [7, 11) is 0. The maximum Gasteiger partial charge on any atom is 0.261 e. The standard InChI is InChI=1S/C28H26N2O6/c31-26(14-16-35-20-5-2-1-3-6-20)29-19-8-10-21(11-9-19)36-22-12-13-24-25(17-22)28(33)30(27(24)32)18-23-7-4-15-34-23/h1-3,5-6,8-13,17,23H,4,7,14-16,18H2,(H,29,31). The Morgan fingerprint density at radius 3 is 2.42 bits per heavy atom. The lowest BCUT2D eigenvalue weighted by Gasteiger charge is -2.17. The van der Waals surface area contributed by atoms with Crippen LogP contribution in [0.4, 0.5) is 5.69 Å². The average molecular weight is 487 g/mol. The first-order chi connectivity index (χ1) is 17.6. The first-order valence-corrected chi connectivity index (χ1v) is 11.9. The predicted molar refractivity (Wildman–Crippen MR) is 132 cm³/mol. The van der Waals surface area contributed by atoms with Gasteiger partial charge in [-0.15, -0.1) is 0 Å². The van der Waals surface area contributed by atoms with E-state index in [1.807, 2.05) is 30.3 Å². The zero-order chi connectivity index (χ0) is 24.9. The van der Waals surface area contributed by atoms with Crippen LogP contribution in [0, 0.1) is 0 Å². The van der Waals surface area contributed by atoms with Crippen molar-refractivity contribution in [3.05, 3.63) is 83.9 Å². The highest BCUT2D eigenvalue weighted by Crippen LogP contribution is 2.31. The molecule has 36 heavy (non-hydrogen) atoms. The van der Waals surface area contributed by atoms with E-state index in [0.717, 1.165) is 18.6 Å². The zero-order valence-corrected chi connectivity index (χ0v) is 19.6. The number of amides is 3. The van der Waals surface area contributed by atoms with Crippen LogP contribution in [0.1, 0.15) is 40.0 Å². The highest BCUT2D eigenvalue weighted by atomic mass is 16.5. The lowest BCUT2D eigenvalue weighted by Crippen LogP contribution is -2.36. The maximum atomic E-state index is 12.8. The van der Waals surface area contributed by atoms with Crippen LogP contribution in [0.3, 0.4) is 0 Å². The van der Waals surface area contributed by atoms with Gasteiger partial charge in [0.15, 0.2) is 0 Å². The van der Waals surface area contributed by atoms with Crippen LogP contribution in [0.15, 0.2) is 72.8 Å². The van der Waals surface area contributed by atoms with Crippen LogP contribution < -0.4 is 14.8 Å². The van der Waals surface area contributed by atoms with Gasteiger partial charge >= 0.3 is 0 Å². The van der Waals surface area contributed by atoms with Crippen LogP contribution in [0.5, 0.6) is 17.2 Å². The van der Waals surface area contributed by atoms with Crippen LogP contribution >= 0.6 is 0 Å². The number of hydrogen-bond donors (Lipinski definition) is 1. The van der Waals surface area contributed by atoms with Gasteiger partial charge in [0, 0.05) is 12.3 Å². The molecular weight excluding hydrogens is 460 g/mol. The van der Waals surface area contributed by atoms with E-state index in [0.29, 0.717) is 34.9 Å². The molecule has 0 spiro atoms. The number of hydrogen-bond acceptors (Lipinski definition) is 6. The topological polar surface area (TPSA) is 94.2 Å². The lowest BCUT2D eigenvalue weighted by atomic mass is 10.1. The Labute approximate surface area is 208 Å². The molecule has 8 heteroatoms. The molecule has 3 amide bonds. The summed E-state index contributed by atoms with van der Waals surface area (Å²) in [4.78, 5) is 39.0. The van der Waals surface area contributed by atoms with E-state index in [1.54, 1.807) is 42.5 Å². The van der Waals surface area contributed by atoms with Crippen LogP contribution in [0.25, 0.3) is 0 Å². The Morgan fingerprint density at radius 1 is 0.917 bits per heavy atom. The number of carbonyl (C=O) groups is 3. The van der Waals surface area contributed by atoms with E-state index < -0.39 is 0 Å². The lowest BCUT2D eigenvalue weighted by molar-refractivity contribution is -0.116. The Balaban J connectivity index is 1.15. The molecule has 3 aromatic carbocycles. The minimum absolute atomic E-state index is 0.0988. The van der Waals surface area contributed by atoms with Gasteiger partial charge < -0.3 is 19.5 Å². The SMILES string of the molecule is O=C(CCOc1ccccc1)Nc1ccc(Oc2ccc3c(c2)C(=O)N(CC2CCCO2)C3=O)cc1. The number of nitrogens with zero attached hydrogens (tertiary/aromatic N) is 1. The number of rotatable bonds is 9. The first-order valence-electron chi connectivity index (χ1n) is 11.9. The smallest absolute Gasteiger partial charge is 0.261 e. The van der Waals surface area contributed by atoms with Gasteiger partial charge in [-0.25, -0.2) is 0 Å². The van der Waals surface area contributed by atoms with Gasteiger partial charge in [0.05, 0.1) is 36.8 Å². The van der Waals surface area contributed by atoms with E-state index in [4.69, 9.17) is 14.2 Å². The molecule has 2 aliphatic heterocycles. The molecule has 1 fully saturated rings. The van der Waals surface area contributed by atoms with Crippen LogP contribution in [-0.4, -0.2) is 48.5 Å². The fourth-order valence-electron chi connectivity index (χ4n) is 4.24. The summed E-state index contributed by atoms with van der Waals surface area (Å²) in [5, 5.41) is 2.83. The van der Waals surface area contributed by atoms with Crippen LogP contribution in [-0.2, 0) is 9.53 Å². The molecule has 1 unspecified atom stereocenters. The minimum Gasteiger partial charge on any atom is -0.493 e. The molecule has 2 heterocycles. The minimum atomic E-state index is -0.328. The second-order valence-corrected chi connectivity index (χ2v) is 8.65. The molecule has 1 N–H and O–H groups in total. The number of anilines is 1. The van der Waals surface area contributed by atoms with Crippen molar-refractivity contribution >= 4 is 23.4 Å². The normalized spacial score (nSPS) is 16.7. The third-order valence-corrected chi connectivity index (χ3v) is 6.07. The monoisotopic (exact) mass is 486 g/mol. The van der Waals surface area contributed by atoms with Gasteiger partial charge in [0.1, 0.15) is 17.2 Å². The van der Waals surface area contributed by atoms with Crippen molar-refractivity contribution in [3.63, 3.8) is 0 Å². The fraction of sp³-hybridized carbons (Fsp3) is 0.250. The van der Waals surface area contributed by atoms with Gasteiger partial charge in [-0.3, -0.25) is 19.3 Å². The van der Waals surface area contributed by atoms with E-state index in [1.165, 1.54) is 4.90 Å². The molecule has 1 saturated heterocycles. The third kappa shape index (κ3) is 5.39. The highest BCUT2D eigenvalue weighted by molar-refractivity contribution is 6.21. The molecule has 1 atom stereocenters. The first kappa shape index (κ1) is 23.6. The Bertz CT molecular complexity index is 1250. The van der Waals surface area contributed by atoms with Gasteiger partial charge in [0.25, 0.3) is 11.8 Å². The molecule has 0 aromatic heterocycles. The average Bonchev–Trinajstić information content (AvgIpc) is 3.49. The molecule has 0 radical (unpaired) electrons. The summed E-state index contributed by atoms with van der Waals surface area (Å²) in [5.74, 6) is 0.919. The van der Waals surface area contributed by atoms with E-state index in [2.05, 4.69) is 5.32 Å². The molecule has 184 valence electrons. The second kappa shape index (κ2) is 10.6. The van der Waals surface area contributed by atoms with Gasteiger partial charge in [-0.1, -0.05) is 18.2 Å². The highest BCUT2D eigenvalue weighted by Gasteiger charge is 2.37. The number of para-hydroxylation sites is 1. The second-order valence-electron chi connectivity index (χ2n) is 8.65. The van der Waals surface area contributed by atoms with Crippen molar-refractivity contribution < 1.29 is 28.6 Å². The molecule has 5 rings (SSSR count). The van der Waals surface area contributed by atoms with Gasteiger partial charge in [-0.2, -0.15) is 0 Å². The summed E-state index contributed by atoms with van der Waals surface area (Å²) >= 11 is 0. The largest absolute Gasteiger partial charge is 0.493 e. The summed E-state index contributed by atoms with van der Waals surface area (Å²) in [5.41, 5.74) is 1.34. The van der Waals surface area contributed by atoms with Crippen molar-refractivity contribution in [2.45, 2.75) is 25.4 Å². The summed E-state index contributed by atoms with van der Waals surface area (Å²) in [6.07, 6.45) is 1.91. The number of imide groups is 1. The molecule has 0 aliphatic carbocycles. The predicted octanol–water partition coefficient (Wildman–Crippen LogP) is 4.66. The summed E-state index contributed by atoms with van der Waals surface area (Å²) < 4.78 is 17.0. The maximum absolute atomic E-state index is 12.8. The number of carbonyl (C=O) groups excluding carboxylic acids is 3. The van der Waals surface area contributed by atoms with Crippen molar-refractivity contribution in [2.75, 3.05) is 25.1 Å². The Kier molecular flexibility index (Phi) is 6.95. The van der Waals surface area contributed by atoms with E-state index in [-0.39, 0.29) is 43.4 Å². The van der Waals surface area contributed by atoms with E-state index >= 15 is 0 Å². The molecule has 8 nitrogen and oxygen atoms in total. The Morgan fingerprint density at radius 2 is 1.67 bits per heavy atom. The Hall–Kier alpha value is -4.17. The van der Waals surface area contributed by atoms with Gasteiger partial charge in [0.2, 0.25) is 5.91 Å². The quantitative estimate of drug-likeness (QED) is 0.442. The molecule has 3 aromatic rings. The van der Waals surface area contributed by atoms with Crippen LogP contribution in [0.2, 0.25) is 0 Å². The molecule has 0 bridgehead atoms. The third-order valence-electron chi connectivity index (χ3n) is 6.07.